The van der Waals surface area contributed by atoms with Crippen molar-refractivity contribution in [3.8, 4) is 11.4 Å². The first kappa shape index (κ1) is 19.9. The number of hydrogen-bond donors (Lipinski definition) is 2. The third kappa shape index (κ3) is 5.13. The molecular formula is C18H23ClN6O3. The highest BCUT2D eigenvalue weighted by Gasteiger charge is 2.23. The van der Waals surface area contributed by atoms with Gasteiger partial charge in [0.2, 0.25) is 11.7 Å². The molecule has 150 valence electrons. The van der Waals surface area contributed by atoms with E-state index >= 15 is 0 Å². The summed E-state index contributed by atoms with van der Waals surface area (Å²) in [6, 6.07) is 7.46. The fraction of sp³-hybridized carbons (Fsp3) is 0.444. The van der Waals surface area contributed by atoms with Gasteiger partial charge in [-0.3, -0.25) is 4.99 Å². The number of aliphatic imine (C=N–C) groups is 1. The fourth-order valence-electron chi connectivity index (χ4n) is 2.93. The SMILES string of the molecule is CN=C(NCc1nc(-c2ccc(Cl)cc2)no1)NC1CCN(C(=O)OC)CC1. The Balaban J connectivity index is 1.48. The van der Waals surface area contributed by atoms with Crippen molar-refractivity contribution in [3.63, 3.8) is 0 Å². The molecule has 0 saturated carbocycles. The molecule has 1 aliphatic rings. The van der Waals surface area contributed by atoms with Crippen LogP contribution in [0.1, 0.15) is 18.7 Å². The van der Waals surface area contributed by atoms with Gasteiger partial charge >= 0.3 is 6.09 Å². The van der Waals surface area contributed by atoms with Gasteiger partial charge < -0.3 is 24.8 Å². The summed E-state index contributed by atoms with van der Waals surface area (Å²) < 4.78 is 10.0. The minimum Gasteiger partial charge on any atom is -0.453 e. The average molecular weight is 407 g/mol. The summed E-state index contributed by atoms with van der Waals surface area (Å²) in [7, 11) is 3.10. The quantitative estimate of drug-likeness (QED) is 0.592. The Morgan fingerprint density at radius 2 is 2.07 bits per heavy atom. The molecule has 2 aromatic rings. The van der Waals surface area contributed by atoms with Gasteiger partial charge in [-0.2, -0.15) is 4.98 Å². The van der Waals surface area contributed by atoms with Gasteiger partial charge in [0, 0.05) is 36.8 Å². The van der Waals surface area contributed by atoms with E-state index in [1.54, 1.807) is 24.1 Å². The van der Waals surface area contributed by atoms with Gasteiger partial charge in [0.25, 0.3) is 0 Å². The second kappa shape index (κ2) is 9.41. The zero-order valence-electron chi connectivity index (χ0n) is 15.8. The molecule has 0 spiro atoms. The first-order valence-corrected chi connectivity index (χ1v) is 9.35. The van der Waals surface area contributed by atoms with Crippen molar-refractivity contribution in [2.45, 2.75) is 25.4 Å². The van der Waals surface area contributed by atoms with Gasteiger partial charge in [0.05, 0.1) is 13.7 Å². The molecule has 10 heteroatoms. The Labute approximate surface area is 168 Å². The highest BCUT2D eigenvalue weighted by atomic mass is 35.5. The van der Waals surface area contributed by atoms with Crippen molar-refractivity contribution < 1.29 is 14.1 Å². The molecule has 1 aliphatic heterocycles. The Morgan fingerprint density at radius 1 is 1.36 bits per heavy atom. The summed E-state index contributed by atoms with van der Waals surface area (Å²) >= 11 is 5.90. The largest absolute Gasteiger partial charge is 0.453 e. The number of carbonyl (C=O) groups excluding carboxylic acids is 1. The number of nitrogens with one attached hydrogen (secondary N) is 2. The normalized spacial score (nSPS) is 15.4. The third-order valence-corrected chi connectivity index (χ3v) is 4.72. The van der Waals surface area contributed by atoms with Crippen molar-refractivity contribution in [1.82, 2.24) is 25.7 Å². The molecule has 1 amide bonds. The maximum absolute atomic E-state index is 11.5. The van der Waals surface area contributed by atoms with E-state index < -0.39 is 0 Å². The number of benzene rings is 1. The van der Waals surface area contributed by atoms with Gasteiger partial charge in [-0.05, 0) is 37.1 Å². The molecule has 0 radical (unpaired) electrons. The van der Waals surface area contributed by atoms with E-state index in [4.69, 9.17) is 20.9 Å². The second-order valence-corrected chi connectivity index (χ2v) is 6.76. The fourth-order valence-corrected chi connectivity index (χ4v) is 3.05. The van der Waals surface area contributed by atoms with Crippen LogP contribution >= 0.6 is 11.6 Å². The van der Waals surface area contributed by atoms with E-state index in [9.17, 15) is 4.79 Å². The topological polar surface area (TPSA) is 105 Å². The number of aromatic nitrogens is 2. The van der Waals surface area contributed by atoms with Crippen LogP contribution < -0.4 is 10.6 Å². The molecular weight excluding hydrogens is 384 g/mol. The van der Waals surface area contributed by atoms with E-state index in [1.165, 1.54) is 7.11 Å². The standard InChI is InChI=1S/C18H23ClN6O3/c1-20-17(22-14-7-9-25(10-8-14)18(26)27-2)21-11-15-23-16(24-28-15)12-3-5-13(19)6-4-12/h3-6,14H,7-11H2,1-2H3,(H2,20,21,22). The highest BCUT2D eigenvalue weighted by molar-refractivity contribution is 6.30. The highest BCUT2D eigenvalue weighted by Crippen LogP contribution is 2.18. The molecule has 9 nitrogen and oxygen atoms in total. The van der Waals surface area contributed by atoms with Crippen LogP contribution in [-0.2, 0) is 11.3 Å². The first-order chi connectivity index (χ1) is 13.6. The zero-order valence-corrected chi connectivity index (χ0v) is 16.6. The molecule has 0 atom stereocenters. The summed E-state index contributed by atoms with van der Waals surface area (Å²) in [4.78, 5) is 21.9. The van der Waals surface area contributed by atoms with E-state index in [1.807, 2.05) is 12.1 Å². The number of piperidine rings is 1. The van der Waals surface area contributed by atoms with Crippen molar-refractivity contribution >= 4 is 23.7 Å². The number of rotatable bonds is 4. The summed E-state index contributed by atoms with van der Waals surface area (Å²) in [6.07, 6.45) is 1.35. The van der Waals surface area contributed by atoms with Crippen LogP contribution in [0.25, 0.3) is 11.4 Å². The van der Waals surface area contributed by atoms with Crippen molar-refractivity contribution in [1.29, 1.82) is 0 Å². The summed E-state index contributed by atoms with van der Waals surface area (Å²) in [5.41, 5.74) is 0.833. The lowest BCUT2D eigenvalue weighted by Crippen LogP contribution is -2.49. The number of carbonyl (C=O) groups is 1. The van der Waals surface area contributed by atoms with Gasteiger partial charge in [-0.15, -0.1) is 0 Å². The smallest absolute Gasteiger partial charge is 0.409 e. The molecule has 1 aromatic carbocycles. The van der Waals surface area contributed by atoms with E-state index in [2.05, 4.69) is 25.8 Å². The van der Waals surface area contributed by atoms with Gasteiger partial charge in [0.1, 0.15) is 0 Å². The Morgan fingerprint density at radius 3 is 2.71 bits per heavy atom. The van der Waals surface area contributed by atoms with Crippen LogP contribution in [0, 0.1) is 0 Å². The molecule has 3 rings (SSSR count). The molecule has 0 aliphatic carbocycles. The molecule has 2 N–H and O–H groups in total. The molecule has 1 saturated heterocycles. The van der Waals surface area contributed by atoms with Crippen molar-refractivity contribution in [2.24, 2.45) is 4.99 Å². The maximum atomic E-state index is 11.5. The van der Waals surface area contributed by atoms with Gasteiger partial charge in [0.15, 0.2) is 5.96 Å². The zero-order chi connectivity index (χ0) is 19.9. The number of likely N-dealkylation sites (tertiary alicyclic amines) is 1. The Hall–Kier alpha value is -2.81. The molecule has 0 bridgehead atoms. The van der Waals surface area contributed by atoms with Crippen molar-refractivity contribution in [3.05, 3.63) is 35.2 Å². The second-order valence-electron chi connectivity index (χ2n) is 6.32. The predicted octanol–water partition coefficient (Wildman–Crippen LogP) is 2.29. The van der Waals surface area contributed by atoms with Crippen LogP contribution in [0.3, 0.4) is 0 Å². The number of guanidine groups is 1. The predicted molar refractivity (Wildman–Crippen MR) is 105 cm³/mol. The summed E-state index contributed by atoms with van der Waals surface area (Å²) in [5.74, 6) is 1.60. The number of methoxy groups -OCH3 is 1. The number of hydrogen-bond acceptors (Lipinski definition) is 6. The molecule has 2 heterocycles. The lowest BCUT2D eigenvalue weighted by Gasteiger charge is -2.32. The Kier molecular flexibility index (Phi) is 6.70. The molecule has 1 fully saturated rings. The van der Waals surface area contributed by atoms with E-state index in [-0.39, 0.29) is 12.1 Å². The Bertz CT molecular complexity index is 815. The van der Waals surface area contributed by atoms with Gasteiger partial charge in [-0.1, -0.05) is 16.8 Å². The first-order valence-electron chi connectivity index (χ1n) is 8.97. The minimum absolute atomic E-state index is 0.222. The van der Waals surface area contributed by atoms with E-state index in [0.29, 0.717) is 42.3 Å². The average Bonchev–Trinajstić information content (AvgIpc) is 3.20. The number of ether oxygens (including phenoxy) is 1. The van der Waals surface area contributed by atoms with E-state index in [0.717, 1.165) is 18.4 Å². The number of amides is 1. The monoisotopic (exact) mass is 406 g/mol. The number of halogens is 1. The third-order valence-electron chi connectivity index (χ3n) is 4.47. The van der Waals surface area contributed by atoms with Crippen LogP contribution in [-0.4, -0.2) is 60.4 Å². The summed E-state index contributed by atoms with van der Waals surface area (Å²) in [5, 5.41) is 11.2. The van der Waals surface area contributed by atoms with Crippen LogP contribution in [0.4, 0.5) is 4.79 Å². The summed E-state index contributed by atoms with van der Waals surface area (Å²) in [6.45, 7) is 1.65. The van der Waals surface area contributed by atoms with Gasteiger partial charge in [-0.25, -0.2) is 4.79 Å². The minimum atomic E-state index is -0.283. The van der Waals surface area contributed by atoms with Crippen LogP contribution in [0.5, 0.6) is 0 Å². The maximum Gasteiger partial charge on any atom is 0.409 e. The van der Waals surface area contributed by atoms with Crippen LogP contribution in [0.15, 0.2) is 33.8 Å². The van der Waals surface area contributed by atoms with Crippen molar-refractivity contribution in [2.75, 3.05) is 27.2 Å². The molecule has 1 aromatic heterocycles. The molecule has 0 unspecified atom stereocenters. The number of nitrogens with zero attached hydrogens (tertiary/aromatic N) is 4. The lowest BCUT2D eigenvalue weighted by atomic mass is 10.1. The lowest BCUT2D eigenvalue weighted by molar-refractivity contribution is 0.111. The van der Waals surface area contributed by atoms with Crippen LogP contribution in [0.2, 0.25) is 5.02 Å². The molecule has 28 heavy (non-hydrogen) atoms.